The molecule has 0 unspecified atom stereocenters. The van der Waals surface area contributed by atoms with Gasteiger partial charge in [0.15, 0.2) is 0 Å². The first-order valence-corrected chi connectivity index (χ1v) is 8.96. The standard InChI is InChI=1S/C21H20ClN3O/c1-3-25(10-4-9-23)17-7-5-15(14(2)11-17)12-19-18-13-16(22)6-8-20(18)24-21(19)26/h5-8,11-13H,3-4,10H2,1-2H3,(H,24,26). The molecule has 2 aromatic rings. The third kappa shape index (κ3) is 3.58. The molecule has 3 rings (SSSR count). The highest BCUT2D eigenvalue weighted by Crippen LogP contribution is 2.35. The van der Waals surface area contributed by atoms with Crippen LogP contribution in [0.25, 0.3) is 11.6 Å². The van der Waals surface area contributed by atoms with Crippen molar-refractivity contribution in [2.45, 2.75) is 20.3 Å². The number of amides is 1. The van der Waals surface area contributed by atoms with Gasteiger partial charge in [0.1, 0.15) is 0 Å². The Morgan fingerprint density at radius 1 is 1.27 bits per heavy atom. The summed E-state index contributed by atoms with van der Waals surface area (Å²) in [6.07, 6.45) is 2.40. The number of rotatable bonds is 5. The monoisotopic (exact) mass is 365 g/mol. The fraction of sp³-hybridized carbons (Fsp3) is 0.238. The minimum absolute atomic E-state index is 0.116. The van der Waals surface area contributed by atoms with Gasteiger partial charge in [0.25, 0.3) is 5.91 Å². The van der Waals surface area contributed by atoms with Crippen LogP contribution in [0.3, 0.4) is 0 Å². The van der Waals surface area contributed by atoms with Crippen LogP contribution in [0, 0.1) is 18.3 Å². The fourth-order valence-electron chi connectivity index (χ4n) is 3.13. The molecule has 0 saturated carbocycles. The van der Waals surface area contributed by atoms with Gasteiger partial charge in [0, 0.05) is 40.6 Å². The van der Waals surface area contributed by atoms with E-state index in [9.17, 15) is 4.79 Å². The molecule has 5 heteroatoms. The molecule has 0 spiro atoms. The van der Waals surface area contributed by atoms with Crippen molar-refractivity contribution >= 4 is 40.5 Å². The van der Waals surface area contributed by atoms with Gasteiger partial charge in [-0.2, -0.15) is 5.26 Å². The number of halogens is 1. The number of aryl methyl sites for hydroxylation is 1. The molecular formula is C21H20ClN3O. The summed E-state index contributed by atoms with van der Waals surface area (Å²) in [5.74, 6) is -0.116. The van der Waals surface area contributed by atoms with E-state index in [-0.39, 0.29) is 5.91 Å². The van der Waals surface area contributed by atoms with Crippen molar-refractivity contribution in [1.29, 1.82) is 5.26 Å². The van der Waals surface area contributed by atoms with E-state index < -0.39 is 0 Å². The lowest BCUT2D eigenvalue weighted by Crippen LogP contribution is -2.23. The number of fused-ring (bicyclic) bond motifs is 1. The minimum atomic E-state index is -0.116. The van der Waals surface area contributed by atoms with Crippen molar-refractivity contribution in [3.05, 3.63) is 58.1 Å². The highest BCUT2D eigenvalue weighted by Gasteiger charge is 2.24. The lowest BCUT2D eigenvalue weighted by atomic mass is 10.0. The van der Waals surface area contributed by atoms with Crippen LogP contribution in [0.15, 0.2) is 36.4 Å². The normalized spacial score (nSPS) is 14.1. The molecule has 0 aromatic heterocycles. The molecular weight excluding hydrogens is 346 g/mol. The van der Waals surface area contributed by atoms with Crippen LogP contribution in [0.1, 0.15) is 30.0 Å². The number of anilines is 2. The Labute approximate surface area is 158 Å². The molecule has 0 saturated heterocycles. The quantitative estimate of drug-likeness (QED) is 0.768. The Hall–Kier alpha value is -2.77. The fourth-order valence-corrected chi connectivity index (χ4v) is 3.30. The van der Waals surface area contributed by atoms with Crippen LogP contribution in [-0.2, 0) is 4.79 Å². The van der Waals surface area contributed by atoms with Crippen LogP contribution in [0.4, 0.5) is 11.4 Å². The predicted molar refractivity (Wildman–Crippen MR) is 107 cm³/mol. The van der Waals surface area contributed by atoms with Crippen LogP contribution in [0.2, 0.25) is 5.02 Å². The molecule has 0 aliphatic carbocycles. The van der Waals surface area contributed by atoms with E-state index in [4.69, 9.17) is 16.9 Å². The van der Waals surface area contributed by atoms with Gasteiger partial charge in [-0.05, 0) is 61.4 Å². The summed E-state index contributed by atoms with van der Waals surface area (Å²) in [5, 5.41) is 12.3. The molecule has 1 heterocycles. The Kier molecular flexibility index (Phi) is 5.29. The molecule has 1 N–H and O–H groups in total. The number of benzene rings is 2. The molecule has 0 atom stereocenters. The topological polar surface area (TPSA) is 56.1 Å². The SMILES string of the molecule is CCN(CCC#N)c1ccc(C=C2C(=O)Nc3ccc(Cl)cc32)c(C)c1. The Morgan fingerprint density at radius 3 is 2.77 bits per heavy atom. The van der Waals surface area contributed by atoms with E-state index in [0.29, 0.717) is 23.6 Å². The van der Waals surface area contributed by atoms with E-state index in [1.165, 1.54) is 0 Å². The zero-order valence-electron chi connectivity index (χ0n) is 14.8. The van der Waals surface area contributed by atoms with Crippen LogP contribution in [0.5, 0.6) is 0 Å². The van der Waals surface area contributed by atoms with Crippen molar-refractivity contribution in [2.75, 3.05) is 23.3 Å². The van der Waals surface area contributed by atoms with Gasteiger partial charge < -0.3 is 10.2 Å². The molecule has 0 radical (unpaired) electrons. The van der Waals surface area contributed by atoms with Crippen LogP contribution < -0.4 is 10.2 Å². The highest BCUT2D eigenvalue weighted by molar-refractivity contribution is 6.36. The molecule has 2 aromatic carbocycles. The van der Waals surface area contributed by atoms with Crippen molar-refractivity contribution in [2.24, 2.45) is 0 Å². The van der Waals surface area contributed by atoms with E-state index in [1.54, 1.807) is 6.07 Å². The highest BCUT2D eigenvalue weighted by atomic mass is 35.5. The second kappa shape index (κ2) is 7.63. The predicted octanol–water partition coefficient (Wildman–Crippen LogP) is 4.88. The van der Waals surface area contributed by atoms with Gasteiger partial charge in [0.05, 0.1) is 12.5 Å². The molecule has 0 fully saturated rings. The molecule has 1 aliphatic heterocycles. The lowest BCUT2D eigenvalue weighted by Gasteiger charge is -2.22. The Bertz CT molecular complexity index is 927. The van der Waals surface area contributed by atoms with Gasteiger partial charge in [-0.25, -0.2) is 0 Å². The van der Waals surface area contributed by atoms with Crippen LogP contribution in [-0.4, -0.2) is 19.0 Å². The van der Waals surface area contributed by atoms with Gasteiger partial charge in [-0.3, -0.25) is 4.79 Å². The number of carbonyl (C=O) groups excluding carboxylic acids is 1. The van der Waals surface area contributed by atoms with Crippen molar-refractivity contribution in [1.82, 2.24) is 0 Å². The Balaban J connectivity index is 1.94. The first-order valence-electron chi connectivity index (χ1n) is 8.59. The second-order valence-corrected chi connectivity index (χ2v) is 6.67. The summed E-state index contributed by atoms with van der Waals surface area (Å²) in [7, 11) is 0. The third-order valence-corrected chi connectivity index (χ3v) is 4.79. The zero-order valence-corrected chi connectivity index (χ0v) is 15.6. The van der Waals surface area contributed by atoms with E-state index >= 15 is 0 Å². The minimum Gasteiger partial charge on any atom is -0.371 e. The average molecular weight is 366 g/mol. The maximum absolute atomic E-state index is 12.3. The average Bonchev–Trinajstić information content (AvgIpc) is 2.92. The number of nitrogens with zero attached hydrogens (tertiary/aromatic N) is 2. The summed E-state index contributed by atoms with van der Waals surface area (Å²) < 4.78 is 0. The lowest BCUT2D eigenvalue weighted by molar-refractivity contribution is -0.110. The summed E-state index contributed by atoms with van der Waals surface area (Å²) in [5.41, 5.74) is 5.39. The second-order valence-electron chi connectivity index (χ2n) is 6.23. The number of nitriles is 1. The number of nitrogens with one attached hydrogen (secondary N) is 1. The van der Waals surface area contributed by atoms with Gasteiger partial charge in [0.2, 0.25) is 0 Å². The van der Waals surface area contributed by atoms with E-state index in [1.807, 2.05) is 37.3 Å². The molecule has 1 amide bonds. The first-order chi connectivity index (χ1) is 12.5. The van der Waals surface area contributed by atoms with Crippen molar-refractivity contribution < 1.29 is 4.79 Å². The molecule has 0 bridgehead atoms. The Morgan fingerprint density at radius 2 is 2.08 bits per heavy atom. The molecule has 4 nitrogen and oxygen atoms in total. The third-order valence-electron chi connectivity index (χ3n) is 4.56. The zero-order chi connectivity index (χ0) is 18.7. The summed E-state index contributed by atoms with van der Waals surface area (Å²) in [6, 6.07) is 13.7. The number of hydrogen-bond acceptors (Lipinski definition) is 3. The van der Waals surface area contributed by atoms with Crippen molar-refractivity contribution in [3.8, 4) is 6.07 Å². The maximum atomic E-state index is 12.3. The van der Waals surface area contributed by atoms with E-state index in [0.717, 1.165) is 34.6 Å². The van der Waals surface area contributed by atoms with Crippen molar-refractivity contribution in [3.63, 3.8) is 0 Å². The largest absolute Gasteiger partial charge is 0.371 e. The molecule has 1 aliphatic rings. The molecule has 26 heavy (non-hydrogen) atoms. The summed E-state index contributed by atoms with van der Waals surface area (Å²) in [4.78, 5) is 14.5. The maximum Gasteiger partial charge on any atom is 0.256 e. The summed E-state index contributed by atoms with van der Waals surface area (Å²) >= 11 is 6.09. The van der Waals surface area contributed by atoms with E-state index in [2.05, 4.69) is 29.3 Å². The smallest absolute Gasteiger partial charge is 0.256 e. The van der Waals surface area contributed by atoms with Gasteiger partial charge in [-0.1, -0.05) is 17.7 Å². The number of carbonyl (C=O) groups is 1. The number of hydrogen-bond donors (Lipinski definition) is 1. The first kappa shape index (κ1) is 18.0. The summed E-state index contributed by atoms with van der Waals surface area (Å²) in [6.45, 7) is 5.66. The molecule has 132 valence electrons. The van der Waals surface area contributed by atoms with Crippen LogP contribution >= 0.6 is 11.6 Å². The van der Waals surface area contributed by atoms with Gasteiger partial charge in [-0.15, -0.1) is 0 Å². The van der Waals surface area contributed by atoms with Gasteiger partial charge >= 0.3 is 0 Å².